The van der Waals surface area contributed by atoms with Gasteiger partial charge in [-0.2, -0.15) is 0 Å². The largest absolute Gasteiger partial charge is 0.295 e. The summed E-state index contributed by atoms with van der Waals surface area (Å²) in [7, 11) is 0. The van der Waals surface area contributed by atoms with E-state index in [1.807, 2.05) is 0 Å². The molecule has 1 aliphatic carbocycles. The van der Waals surface area contributed by atoms with Gasteiger partial charge in [-0.25, -0.2) is 0 Å². The fourth-order valence-corrected chi connectivity index (χ4v) is 1.56. The molecule has 0 aliphatic heterocycles. The van der Waals surface area contributed by atoms with Crippen molar-refractivity contribution in [1.82, 2.24) is 0 Å². The summed E-state index contributed by atoms with van der Waals surface area (Å²) in [6, 6.07) is 0. The van der Waals surface area contributed by atoms with Crippen LogP contribution in [-0.4, -0.2) is 5.78 Å². The summed E-state index contributed by atoms with van der Waals surface area (Å²) in [4.78, 5) is 10.7. The van der Waals surface area contributed by atoms with Gasteiger partial charge in [-0.1, -0.05) is 19.4 Å². The van der Waals surface area contributed by atoms with Gasteiger partial charge >= 0.3 is 0 Å². The molecule has 1 rings (SSSR count). The lowest BCUT2D eigenvalue weighted by Crippen LogP contribution is -2.25. The summed E-state index contributed by atoms with van der Waals surface area (Å²) in [5.74, 6) is 0.171. The molecule has 0 saturated heterocycles. The maximum atomic E-state index is 10.7. The van der Waals surface area contributed by atoms with Gasteiger partial charge in [-0.15, -0.1) is 0 Å². The van der Waals surface area contributed by atoms with E-state index in [9.17, 15) is 4.79 Å². The van der Waals surface area contributed by atoms with Crippen LogP contribution < -0.4 is 0 Å². The molecular formula is C10H16O. The number of hydrogen-bond donors (Lipinski definition) is 0. The summed E-state index contributed by atoms with van der Waals surface area (Å²) in [5, 5.41) is 0. The molecule has 0 aromatic rings. The average Bonchev–Trinajstić information content (AvgIpc) is 1.86. The second-order valence-electron chi connectivity index (χ2n) is 3.51. The van der Waals surface area contributed by atoms with Crippen LogP contribution in [0.3, 0.4) is 0 Å². The zero-order valence-electron chi connectivity index (χ0n) is 7.39. The monoisotopic (exact) mass is 152 g/mol. The third-order valence-corrected chi connectivity index (χ3v) is 2.73. The first kappa shape index (κ1) is 8.51. The molecule has 0 radical (unpaired) electrons. The van der Waals surface area contributed by atoms with Crippen LogP contribution >= 0.6 is 0 Å². The van der Waals surface area contributed by atoms with Crippen LogP contribution in [0, 0.1) is 5.41 Å². The van der Waals surface area contributed by atoms with Crippen LogP contribution in [0.1, 0.15) is 39.5 Å². The molecule has 0 heterocycles. The van der Waals surface area contributed by atoms with Crippen LogP contribution in [0.25, 0.3) is 0 Å². The van der Waals surface area contributed by atoms with Crippen molar-refractivity contribution in [3.63, 3.8) is 0 Å². The molecule has 0 N–H and O–H groups in total. The second-order valence-corrected chi connectivity index (χ2v) is 3.51. The number of hydrogen-bond acceptors (Lipinski definition) is 1. The van der Waals surface area contributed by atoms with E-state index in [1.165, 1.54) is 25.7 Å². The van der Waals surface area contributed by atoms with Crippen molar-refractivity contribution in [2.24, 2.45) is 5.41 Å². The standard InChI is InChI=1S/C10H16O/c1-3-10(6-4-7-10)8-5-9(2)11/h5,8H,3-4,6-7H2,1-2H3/b8-5+. The van der Waals surface area contributed by atoms with Gasteiger partial charge in [-0.05, 0) is 37.7 Å². The molecule has 0 amide bonds. The smallest absolute Gasteiger partial charge is 0.152 e. The van der Waals surface area contributed by atoms with Crippen molar-refractivity contribution in [3.05, 3.63) is 12.2 Å². The maximum absolute atomic E-state index is 10.7. The van der Waals surface area contributed by atoms with Gasteiger partial charge in [0.25, 0.3) is 0 Å². The molecule has 1 saturated carbocycles. The molecule has 0 unspecified atom stereocenters. The van der Waals surface area contributed by atoms with E-state index < -0.39 is 0 Å². The number of rotatable bonds is 3. The van der Waals surface area contributed by atoms with Crippen molar-refractivity contribution in [2.45, 2.75) is 39.5 Å². The van der Waals surface area contributed by atoms with Crippen molar-refractivity contribution in [3.8, 4) is 0 Å². The molecule has 11 heavy (non-hydrogen) atoms. The highest BCUT2D eigenvalue weighted by Gasteiger charge is 2.31. The minimum atomic E-state index is 0.171. The summed E-state index contributed by atoms with van der Waals surface area (Å²) < 4.78 is 0. The lowest BCUT2D eigenvalue weighted by molar-refractivity contribution is -0.112. The normalized spacial score (nSPS) is 21.6. The summed E-state index contributed by atoms with van der Waals surface area (Å²) in [6.07, 6.45) is 8.88. The van der Waals surface area contributed by atoms with Crippen molar-refractivity contribution in [1.29, 1.82) is 0 Å². The molecule has 0 atom stereocenters. The predicted molar refractivity (Wildman–Crippen MR) is 46.4 cm³/mol. The number of allylic oxidation sites excluding steroid dienone is 2. The Hall–Kier alpha value is -0.590. The maximum Gasteiger partial charge on any atom is 0.152 e. The lowest BCUT2D eigenvalue weighted by atomic mass is 9.67. The molecular weight excluding hydrogens is 136 g/mol. The zero-order chi connectivity index (χ0) is 8.32. The first-order valence-electron chi connectivity index (χ1n) is 4.38. The first-order valence-corrected chi connectivity index (χ1v) is 4.38. The van der Waals surface area contributed by atoms with Gasteiger partial charge in [0.05, 0.1) is 0 Å². The Bertz CT molecular complexity index is 170. The quantitative estimate of drug-likeness (QED) is 0.568. The topological polar surface area (TPSA) is 17.1 Å². The Morgan fingerprint density at radius 1 is 1.55 bits per heavy atom. The molecule has 0 aromatic carbocycles. The molecule has 1 heteroatoms. The zero-order valence-corrected chi connectivity index (χ0v) is 7.39. The molecule has 1 fully saturated rings. The third-order valence-electron chi connectivity index (χ3n) is 2.73. The Labute approximate surface area is 68.5 Å². The number of carbonyl (C=O) groups is 1. The highest BCUT2D eigenvalue weighted by Crippen LogP contribution is 2.44. The average molecular weight is 152 g/mol. The highest BCUT2D eigenvalue weighted by atomic mass is 16.1. The molecule has 0 spiro atoms. The summed E-state index contributed by atoms with van der Waals surface area (Å²) in [6.45, 7) is 3.81. The Kier molecular flexibility index (Phi) is 2.48. The van der Waals surface area contributed by atoms with Crippen molar-refractivity contribution in [2.75, 3.05) is 0 Å². The van der Waals surface area contributed by atoms with Gasteiger partial charge in [0, 0.05) is 0 Å². The van der Waals surface area contributed by atoms with E-state index in [4.69, 9.17) is 0 Å². The summed E-state index contributed by atoms with van der Waals surface area (Å²) >= 11 is 0. The van der Waals surface area contributed by atoms with E-state index in [0.717, 1.165) is 0 Å². The van der Waals surface area contributed by atoms with Crippen LogP contribution in [0.2, 0.25) is 0 Å². The van der Waals surface area contributed by atoms with Gasteiger partial charge in [0.15, 0.2) is 5.78 Å². The third kappa shape index (κ3) is 1.92. The van der Waals surface area contributed by atoms with E-state index in [1.54, 1.807) is 13.0 Å². The Balaban J connectivity index is 2.50. The fraction of sp³-hybridized carbons (Fsp3) is 0.700. The van der Waals surface area contributed by atoms with Gasteiger partial charge < -0.3 is 0 Å². The fourth-order valence-electron chi connectivity index (χ4n) is 1.56. The SMILES string of the molecule is CCC1(/C=C/C(C)=O)CCC1. The molecule has 0 aromatic heterocycles. The predicted octanol–water partition coefficient (Wildman–Crippen LogP) is 2.71. The minimum Gasteiger partial charge on any atom is -0.295 e. The highest BCUT2D eigenvalue weighted by molar-refractivity contribution is 5.87. The lowest BCUT2D eigenvalue weighted by Gasteiger charge is -2.38. The number of ketones is 1. The Morgan fingerprint density at radius 2 is 2.18 bits per heavy atom. The molecule has 62 valence electrons. The molecule has 0 bridgehead atoms. The van der Waals surface area contributed by atoms with Crippen LogP contribution in [0.5, 0.6) is 0 Å². The number of carbonyl (C=O) groups excluding carboxylic acids is 1. The molecule has 1 nitrogen and oxygen atoms in total. The van der Waals surface area contributed by atoms with Crippen molar-refractivity contribution < 1.29 is 4.79 Å². The minimum absolute atomic E-state index is 0.171. The van der Waals surface area contributed by atoms with E-state index >= 15 is 0 Å². The van der Waals surface area contributed by atoms with Gasteiger partial charge in [0.1, 0.15) is 0 Å². The van der Waals surface area contributed by atoms with E-state index in [2.05, 4.69) is 13.0 Å². The van der Waals surface area contributed by atoms with Gasteiger partial charge in [-0.3, -0.25) is 4.79 Å². The van der Waals surface area contributed by atoms with E-state index in [-0.39, 0.29) is 5.78 Å². The van der Waals surface area contributed by atoms with Crippen molar-refractivity contribution >= 4 is 5.78 Å². The van der Waals surface area contributed by atoms with Crippen LogP contribution in [0.15, 0.2) is 12.2 Å². The molecule has 1 aliphatic rings. The second kappa shape index (κ2) is 3.21. The van der Waals surface area contributed by atoms with Crippen LogP contribution in [-0.2, 0) is 4.79 Å². The summed E-state index contributed by atoms with van der Waals surface area (Å²) in [5.41, 5.74) is 0.395. The first-order chi connectivity index (χ1) is 5.18. The van der Waals surface area contributed by atoms with E-state index in [0.29, 0.717) is 5.41 Å². The Morgan fingerprint density at radius 3 is 2.45 bits per heavy atom. The van der Waals surface area contributed by atoms with Gasteiger partial charge in [0.2, 0.25) is 0 Å². The van der Waals surface area contributed by atoms with Crippen LogP contribution in [0.4, 0.5) is 0 Å².